The maximum absolute atomic E-state index is 13.0. The van der Waals surface area contributed by atoms with Crippen LogP contribution in [-0.4, -0.2) is 10.9 Å². The van der Waals surface area contributed by atoms with Crippen LogP contribution in [0.15, 0.2) is 36.4 Å². The Morgan fingerprint density at radius 3 is 2.83 bits per heavy atom. The second-order valence-electron chi connectivity index (χ2n) is 3.85. The van der Waals surface area contributed by atoms with Crippen molar-refractivity contribution in [1.82, 2.24) is 4.98 Å². The number of aromatic nitrogens is 1. The molecule has 0 unspecified atom stereocenters. The Morgan fingerprint density at radius 2 is 2.11 bits per heavy atom. The fourth-order valence-electron chi connectivity index (χ4n) is 1.49. The van der Waals surface area contributed by atoms with E-state index in [1.807, 2.05) is 0 Å². The lowest BCUT2D eigenvalue weighted by Crippen LogP contribution is -2.15. The first-order valence-corrected chi connectivity index (χ1v) is 5.36. The van der Waals surface area contributed by atoms with Crippen LogP contribution in [0.3, 0.4) is 0 Å². The zero-order chi connectivity index (χ0) is 13.1. The minimum absolute atomic E-state index is 0.239. The summed E-state index contributed by atoms with van der Waals surface area (Å²) in [5.74, 6) is -0.882. The monoisotopic (exact) mass is 245 g/mol. The first-order valence-electron chi connectivity index (χ1n) is 5.36. The highest BCUT2D eigenvalue weighted by Gasteiger charge is 2.10. The maximum Gasteiger partial charge on any atom is 0.274 e. The number of carbonyl (C=O) groups is 1. The number of nitrogens with two attached hydrogens (primary N) is 1. The lowest BCUT2D eigenvalue weighted by Gasteiger charge is -2.08. The van der Waals surface area contributed by atoms with E-state index >= 15 is 0 Å². The van der Waals surface area contributed by atoms with Gasteiger partial charge in [0.25, 0.3) is 5.91 Å². The molecule has 5 heteroatoms. The molecule has 0 saturated carbocycles. The molecule has 1 aromatic heterocycles. The number of aryl methyl sites for hydroxylation is 1. The van der Waals surface area contributed by atoms with E-state index in [9.17, 15) is 9.18 Å². The Balaban J connectivity index is 2.24. The molecular formula is C13H12FN3O. The zero-order valence-corrected chi connectivity index (χ0v) is 9.77. The predicted molar refractivity (Wildman–Crippen MR) is 67.7 cm³/mol. The number of halogens is 1. The second kappa shape index (κ2) is 4.83. The Kier molecular flexibility index (Phi) is 3.23. The number of anilines is 2. The number of carbonyl (C=O) groups excluding carboxylic acids is 1. The molecule has 0 spiro atoms. The van der Waals surface area contributed by atoms with Gasteiger partial charge in [-0.2, -0.15) is 0 Å². The molecule has 0 aliphatic heterocycles. The highest BCUT2D eigenvalue weighted by atomic mass is 19.1. The van der Waals surface area contributed by atoms with E-state index < -0.39 is 11.7 Å². The lowest BCUT2D eigenvalue weighted by molar-refractivity contribution is 0.102. The fourth-order valence-corrected chi connectivity index (χ4v) is 1.49. The number of benzene rings is 1. The Labute approximate surface area is 104 Å². The van der Waals surface area contributed by atoms with Crippen molar-refractivity contribution in [3.05, 3.63) is 53.6 Å². The number of hydrogen-bond donors (Lipinski definition) is 2. The third-order valence-corrected chi connectivity index (χ3v) is 2.38. The first kappa shape index (κ1) is 12.0. The van der Waals surface area contributed by atoms with Gasteiger partial charge in [-0.3, -0.25) is 4.79 Å². The quantitative estimate of drug-likeness (QED) is 0.798. The summed E-state index contributed by atoms with van der Waals surface area (Å²) in [5.41, 5.74) is 7.18. The maximum atomic E-state index is 13.0. The summed E-state index contributed by atoms with van der Waals surface area (Å²) < 4.78 is 13.0. The number of nitrogen functional groups attached to an aromatic ring is 1. The molecule has 2 rings (SSSR count). The van der Waals surface area contributed by atoms with Crippen molar-refractivity contribution in [3.8, 4) is 0 Å². The van der Waals surface area contributed by atoms with E-state index in [0.717, 1.165) is 5.69 Å². The van der Waals surface area contributed by atoms with E-state index in [1.54, 1.807) is 25.1 Å². The van der Waals surface area contributed by atoms with Gasteiger partial charge in [-0.05, 0) is 37.3 Å². The van der Waals surface area contributed by atoms with Crippen LogP contribution in [-0.2, 0) is 0 Å². The average molecular weight is 245 g/mol. The van der Waals surface area contributed by atoms with Crippen molar-refractivity contribution >= 4 is 17.3 Å². The highest BCUT2D eigenvalue weighted by Crippen LogP contribution is 2.19. The molecule has 0 aliphatic rings. The normalized spacial score (nSPS) is 10.1. The summed E-state index contributed by atoms with van der Waals surface area (Å²) in [6.07, 6.45) is 0. The van der Waals surface area contributed by atoms with E-state index in [2.05, 4.69) is 10.3 Å². The van der Waals surface area contributed by atoms with Crippen molar-refractivity contribution in [2.24, 2.45) is 0 Å². The summed E-state index contributed by atoms with van der Waals surface area (Å²) >= 11 is 0. The number of hydrogen-bond acceptors (Lipinski definition) is 3. The molecule has 2 aromatic rings. The molecule has 92 valence electrons. The molecule has 1 aromatic carbocycles. The summed E-state index contributed by atoms with van der Waals surface area (Å²) in [6, 6.07) is 8.89. The number of pyridine rings is 1. The second-order valence-corrected chi connectivity index (χ2v) is 3.85. The Morgan fingerprint density at radius 1 is 1.33 bits per heavy atom. The van der Waals surface area contributed by atoms with Gasteiger partial charge in [-0.25, -0.2) is 9.37 Å². The highest BCUT2D eigenvalue weighted by molar-refractivity contribution is 6.04. The molecule has 18 heavy (non-hydrogen) atoms. The van der Waals surface area contributed by atoms with Gasteiger partial charge in [0, 0.05) is 5.69 Å². The molecule has 0 fully saturated rings. The van der Waals surface area contributed by atoms with Crippen LogP contribution in [0.2, 0.25) is 0 Å². The van der Waals surface area contributed by atoms with Gasteiger partial charge >= 0.3 is 0 Å². The van der Waals surface area contributed by atoms with Crippen LogP contribution in [0.1, 0.15) is 16.2 Å². The van der Waals surface area contributed by atoms with E-state index in [-0.39, 0.29) is 11.4 Å². The van der Waals surface area contributed by atoms with Crippen molar-refractivity contribution in [3.63, 3.8) is 0 Å². The summed E-state index contributed by atoms with van der Waals surface area (Å²) in [6.45, 7) is 1.79. The summed E-state index contributed by atoms with van der Waals surface area (Å²) in [4.78, 5) is 16.0. The minimum atomic E-state index is -0.461. The first-order chi connectivity index (χ1) is 8.56. The predicted octanol–water partition coefficient (Wildman–Crippen LogP) is 2.36. The molecule has 3 N–H and O–H groups in total. The zero-order valence-electron chi connectivity index (χ0n) is 9.77. The standard InChI is InChI=1S/C13H12FN3O/c1-8-3-2-4-11(16-8)13(18)17-12-7-9(14)5-6-10(12)15/h2-7H,15H2,1H3,(H,17,18). The smallest absolute Gasteiger partial charge is 0.274 e. The molecule has 0 radical (unpaired) electrons. The van der Waals surface area contributed by atoms with E-state index in [0.29, 0.717) is 5.69 Å². The number of rotatable bonds is 2. The summed E-state index contributed by atoms with van der Waals surface area (Å²) in [5, 5.41) is 2.53. The van der Waals surface area contributed by atoms with Crippen LogP contribution in [0.5, 0.6) is 0 Å². The summed E-state index contributed by atoms with van der Waals surface area (Å²) in [7, 11) is 0. The van der Waals surface area contributed by atoms with Gasteiger partial charge < -0.3 is 11.1 Å². The molecule has 0 bridgehead atoms. The van der Waals surface area contributed by atoms with E-state index in [4.69, 9.17) is 5.73 Å². The Bertz CT molecular complexity index is 599. The fraction of sp³-hybridized carbons (Fsp3) is 0.0769. The van der Waals surface area contributed by atoms with Crippen LogP contribution in [0, 0.1) is 12.7 Å². The van der Waals surface area contributed by atoms with Crippen molar-refractivity contribution in [2.45, 2.75) is 6.92 Å². The van der Waals surface area contributed by atoms with Gasteiger partial charge in [0.1, 0.15) is 11.5 Å². The molecular weight excluding hydrogens is 233 g/mol. The Hall–Kier alpha value is -2.43. The molecule has 0 atom stereocenters. The van der Waals surface area contributed by atoms with Gasteiger partial charge in [-0.15, -0.1) is 0 Å². The average Bonchev–Trinajstić information content (AvgIpc) is 2.34. The minimum Gasteiger partial charge on any atom is -0.397 e. The SMILES string of the molecule is Cc1cccc(C(=O)Nc2cc(F)ccc2N)n1. The van der Waals surface area contributed by atoms with Gasteiger partial charge in [-0.1, -0.05) is 6.07 Å². The van der Waals surface area contributed by atoms with Crippen LogP contribution in [0.25, 0.3) is 0 Å². The topological polar surface area (TPSA) is 68.0 Å². The molecule has 0 aliphatic carbocycles. The lowest BCUT2D eigenvalue weighted by atomic mass is 10.2. The number of amides is 1. The van der Waals surface area contributed by atoms with Gasteiger partial charge in [0.05, 0.1) is 11.4 Å². The van der Waals surface area contributed by atoms with Gasteiger partial charge in [0.2, 0.25) is 0 Å². The van der Waals surface area contributed by atoms with Crippen molar-refractivity contribution < 1.29 is 9.18 Å². The van der Waals surface area contributed by atoms with Gasteiger partial charge in [0.15, 0.2) is 0 Å². The van der Waals surface area contributed by atoms with Crippen molar-refractivity contribution in [1.29, 1.82) is 0 Å². The molecule has 1 heterocycles. The van der Waals surface area contributed by atoms with E-state index in [1.165, 1.54) is 18.2 Å². The largest absolute Gasteiger partial charge is 0.397 e. The number of nitrogens with one attached hydrogen (secondary N) is 1. The van der Waals surface area contributed by atoms with Crippen LogP contribution in [0.4, 0.5) is 15.8 Å². The van der Waals surface area contributed by atoms with Crippen molar-refractivity contribution in [2.75, 3.05) is 11.1 Å². The number of nitrogens with zero attached hydrogens (tertiary/aromatic N) is 1. The van der Waals surface area contributed by atoms with Crippen LogP contribution < -0.4 is 11.1 Å². The molecule has 4 nitrogen and oxygen atoms in total. The molecule has 1 amide bonds. The molecule has 0 saturated heterocycles. The third-order valence-electron chi connectivity index (χ3n) is 2.38. The van der Waals surface area contributed by atoms with Crippen LogP contribution >= 0.6 is 0 Å². The third kappa shape index (κ3) is 2.63.